The van der Waals surface area contributed by atoms with Crippen LogP contribution >= 0.6 is 11.6 Å². The van der Waals surface area contributed by atoms with Crippen LogP contribution in [0.4, 0.5) is 10.7 Å². The Hall–Kier alpha value is -2.67. The molecule has 0 amide bonds. The summed E-state index contributed by atoms with van der Waals surface area (Å²) in [6.07, 6.45) is 0.661. The van der Waals surface area contributed by atoms with E-state index in [9.17, 15) is 4.79 Å². The molecule has 0 aliphatic rings. The van der Waals surface area contributed by atoms with Gasteiger partial charge in [0.1, 0.15) is 18.5 Å². The number of anilines is 1. The lowest BCUT2D eigenvalue weighted by Gasteiger charge is -2.05. The number of hydrogen-bond acceptors (Lipinski definition) is 6. The minimum Gasteiger partial charge on any atom is -0.444 e. The average Bonchev–Trinajstić information content (AvgIpc) is 2.90. The summed E-state index contributed by atoms with van der Waals surface area (Å²) >= 11 is 5.89. The summed E-state index contributed by atoms with van der Waals surface area (Å²) in [5.41, 5.74) is 6.90. The summed E-state index contributed by atoms with van der Waals surface area (Å²) in [6, 6.07) is 9.33. The fourth-order valence-corrected chi connectivity index (χ4v) is 2.02. The van der Waals surface area contributed by atoms with Crippen molar-refractivity contribution < 1.29 is 9.53 Å². The number of carbonyl (C=O) groups excluding carboxylic acids is 1. The first-order valence-corrected chi connectivity index (χ1v) is 6.40. The smallest absolute Gasteiger partial charge is 0.421 e. The van der Waals surface area contributed by atoms with Crippen LogP contribution in [0.3, 0.4) is 0 Å². The number of hydrogen-bond donors (Lipinski definition) is 1. The molecule has 3 rings (SSSR count). The van der Waals surface area contributed by atoms with Crippen molar-refractivity contribution in [1.29, 1.82) is 0 Å². The van der Waals surface area contributed by atoms with E-state index in [0.29, 0.717) is 5.52 Å². The maximum atomic E-state index is 12.1. The molecule has 0 radical (unpaired) electrons. The summed E-state index contributed by atoms with van der Waals surface area (Å²) in [5, 5.41) is 0.0899. The van der Waals surface area contributed by atoms with E-state index >= 15 is 0 Å². The Morgan fingerprint density at radius 3 is 2.81 bits per heavy atom. The Labute approximate surface area is 124 Å². The third-order valence-corrected chi connectivity index (χ3v) is 3.04. The molecule has 0 spiro atoms. The van der Waals surface area contributed by atoms with Gasteiger partial charge in [0, 0.05) is 0 Å². The van der Waals surface area contributed by atoms with E-state index in [2.05, 4.69) is 15.0 Å². The number of nitrogens with two attached hydrogens (primary N) is 1. The van der Waals surface area contributed by atoms with E-state index in [0.717, 1.165) is 10.1 Å². The van der Waals surface area contributed by atoms with Crippen LogP contribution in [0.5, 0.6) is 0 Å². The van der Waals surface area contributed by atoms with Crippen molar-refractivity contribution in [3.05, 3.63) is 47.4 Å². The molecule has 0 unspecified atom stereocenters. The number of carbonyl (C=O) groups is 1. The van der Waals surface area contributed by atoms with E-state index in [1.54, 1.807) is 0 Å². The van der Waals surface area contributed by atoms with Gasteiger partial charge in [-0.1, -0.05) is 41.9 Å². The number of ether oxygens (including phenoxy) is 1. The Balaban J connectivity index is 1.85. The van der Waals surface area contributed by atoms with Crippen LogP contribution in [0, 0.1) is 0 Å². The number of benzene rings is 1. The lowest BCUT2D eigenvalue weighted by molar-refractivity contribution is 0.142. The van der Waals surface area contributed by atoms with Gasteiger partial charge in [-0.15, -0.1) is 0 Å². The van der Waals surface area contributed by atoms with Crippen LogP contribution in [0.15, 0.2) is 36.7 Å². The number of fused-ring (bicyclic) bond motifs is 1. The summed E-state index contributed by atoms with van der Waals surface area (Å²) in [5.74, 6) is -0.0369. The number of halogens is 1. The molecule has 2 N–H and O–H groups in total. The molecule has 1 aromatic carbocycles. The molecular formula is C13H10ClN5O2. The van der Waals surface area contributed by atoms with Gasteiger partial charge in [0.25, 0.3) is 0 Å². The maximum absolute atomic E-state index is 12.1. The zero-order chi connectivity index (χ0) is 14.8. The van der Waals surface area contributed by atoms with Crippen molar-refractivity contribution in [2.45, 2.75) is 6.61 Å². The molecule has 0 bridgehead atoms. The maximum Gasteiger partial charge on any atom is 0.421 e. The van der Waals surface area contributed by atoms with Gasteiger partial charge in [-0.2, -0.15) is 9.97 Å². The molecule has 2 aromatic heterocycles. The molecule has 0 saturated heterocycles. The van der Waals surface area contributed by atoms with Crippen LogP contribution in [0.2, 0.25) is 5.15 Å². The van der Waals surface area contributed by atoms with Gasteiger partial charge in [0.15, 0.2) is 10.8 Å². The summed E-state index contributed by atoms with van der Waals surface area (Å²) in [7, 11) is 0. The van der Waals surface area contributed by atoms with Gasteiger partial charge in [-0.25, -0.2) is 14.3 Å². The van der Waals surface area contributed by atoms with Crippen LogP contribution in [-0.2, 0) is 11.3 Å². The highest BCUT2D eigenvalue weighted by Gasteiger charge is 2.16. The molecule has 8 heteroatoms. The number of aromatic nitrogens is 4. The van der Waals surface area contributed by atoms with Crippen molar-refractivity contribution in [3.8, 4) is 0 Å². The second-order valence-electron chi connectivity index (χ2n) is 4.20. The Morgan fingerprint density at radius 1 is 1.29 bits per heavy atom. The van der Waals surface area contributed by atoms with Gasteiger partial charge < -0.3 is 10.5 Å². The molecule has 0 aliphatic carbocycles. The highest BCUT2D eigenvalue weighted by Crippen LogP contribution is 2.19. The zero-order valence-corrected chi connectivity index (χ0v) is 11.5. The average molecular weight is 304 g/mol. The molecule has 106 valence electrons. The first-order valence-electron chi connectivity index (χ1n) is 6.02. The highest BCUT2D eigenvalue weighted by atomic mass is 35.5. The third-order valence-electron chi connectivity index (χ3n) is 2.77. The summed E-state index contributed by atoms with van der Waals surface area (Å²) < 4.78 is 6.34. The van der Waals surface area contributed by atoms with E-state index in [1.807, 2.05) is 30.3 Å². The topological polar surface area (TPSA) is 95.9 Å². The lowest BCUT2D eigenvalue weighted by Crippen LogP contribution is -2.13. The third kappa shape index (κ3) is 2.63. The summed E-state index contributed by atoms with van der Waals surface area (Å²) in [6.45, 7) is 0.146. The quantitative estimate of drug-likeness (QED) is 0.729. The predicted octanol–water partition coefficient (Wildman–Crippen LogP) is 2.25. The monoisotopic (exact) mass is 303 g/mol. The SMILES string of the molecule is Nc1nc(Cl)c2ncn(C(=O)OCc3ccccc3)c2n1. The highest BCUT2D eigenvalue weighted by molar-refractivity contribution is 6.33. The number of nitrogens with zero attached hydrogens (tertiary/aromatic N) is 4. The second-order valence-corrected chi connectivity index (χ2v) is 4.56. The molecular weight excluding hydrogens is 294 g/mol. The molecule has 0 aliphatic heterocycles. The molecule has 21 heavy (non-hydrogen) atoms. The minimum absolute atomic E-state index is 0.0369. The Kier molecular flexibility index (Phi) is 3.41. The van der Waals surface area contributed by atoms with Crippen molar-refractivity contribution in [2.24, 2.45) is 0 Å². The van der Waals surface area contributed by atoms with Crippen molar-refractivity contribution in [2.75, 3.05) is 5.73 Å². The Morgan fingerprint density at radius 2 is 2.05 bits per heavy atom. The van der Waals surface area contributed by atoms with Gasteiger partial charge in [-0.3, -0.25) is 0 Å². The van der Waals surface area contributed by atoms with Gasteiger partial charge in [0.2, 0.25) is 5.95 Å². The number of rotatable bonds is 2. The first-order chi connectivity index (χ1) is 10.1. The lowest BCUT2D eigenvalue weighted by atomic mass is 10.2. The standard InChI is InChI=1S/C13H10ClN5O2/c14-10-9-11(18-12(15)17-10)19(7-16-9)13(20)21-6-8-4-2-1-3-5-8/h1-5,7H,6H2,(H2,15,17,18). The first kappa shape index (κ1) is 13.3. The minimum atomic E-state index is -0.615. The van der Waals surface area contributed by atoms with Gasteiger partial charge in [0.05, 0.1) is 0 Å². The second kappa shape index (κ2) is 5.37. The van der Waals surface area contributed by atoms with E-state index < -0.39 is 6.09 Å². The van der Waals surface area contributed by atoms with Gasteiger partial charge in [-0.05, 0) is 5.56 Å². The fourth-order valence-electron chi connectivity index (χ4n) is 1.80. The Bertz CT molecular complexity index is 803. The van der Waals surface area contributed by atoms with Crippen LogP contribution < -0.4 is 5.73 Å². The zero-order valence-electron chi connectivity index (χ0n) is 10.7. The molecule has 0 fully saturated rings. The van der Waals surface area contributed by atoms with Crippen LogP contribution in [0.1, 0.15) is 5.56 Å². The predicted molar refractivity (Wildman–Crippen MR) is 76.8 cm³/mol. The van der Waals surface area contributed by atoms with Crippen molar-refractivity contribution in [1.82, 2.24) is 19.5 Å². The molecule has 2 heterocycles. The van der Waals surface area contributed by atoms with Crippen LogP contribution in [0.25, 0.3) is 11.2 Å². The van der Waals surface area contributed by atoms with E-state index in [1.165, 1.54) is 6.33 Å². The van der Waals surface area contributed by atoms with Crippen molar-refractivity contribution in [3.63, 3.8) is 0 Å². The van der Waals surface area contributed by atoms with Crippen molar-refractivity contribution >= 4 is 34.8 Å². The van der Waals surface area contributed by atoms with E-state index in [4.69, 9.17) is 22.1 Å². The fraction of sp³-hybridized carbons (Fsp3) is 0.0769. The molecule has 0 atom stereocenters. The summed E-state index contributed by atoms with van der Waals surface area (Å²) in [4.78, 5) is 23.8. The van der Waals surface area contributed by atoms with E-state index in [-0.39, 0.29) is 23.4 Å². The van der Waals surface area contributed by atoms with Gasteiger partial charge >= 0.3 is 6.09 Å². The van der Waals surface area contributed by atoms with Crippen LogP contribution in [-0.4, -0.2) is 25.6 Å². The molecule has 3 aromatic rings. The number of imidazole rings is 1. The molecule has 0 saturated carbocycles. The number of nitrogen functional groups attached to an aromatic ring is 1. The largest absolute Gasteiger partial charge is 0.444 e. The molecule has 7 nitrogen and oxygen atoms in total. The normalized spacial score (nSPS) is 10.7.